The van der Waals surface area contributed by atoms with E-state index in [2.05, 4.69) is 5.32 Å². The van der Waals surface area contributed by atoms with Crippen molar-refractivity contribution in [2.75, 3.05) is 5.32 Å². The number of carbonyl (C=O) groups is 1. The maximum Gasteiger partial charge on any atom is 0.291 e. The molecule has 0 fully saturated rings. The lowest BCUT2D eigenvalue weighted by molar-refractivity contribution is -0.384. The second-order valence-corrected chi connectivity index (χ2v) is 8.30. The van der Waals surface area contributed by atoms with Crippen molar-refractivity contribution in [3.8, 4) is 17.2 Å². The first-order valence-corrected chi connectivity index (χ1v) is 11.0. The van der Waals surface area contributed by atoms with Gasteiger partial charge in [-0.2, -0.15) is 0 Å². The number of carbonyl (C=O) groups excluding carboxylic acids is 1. The molecule has 1 N–H and O–H groups in total. The van der Waals surface area contributed by atoms with Gasteiger partial charge in [0.05, 0.1) is 16.7 Å². The van der Waals surface area contributed by atoms with Gasteiger partial charge in [0.2, 0.25) is 0 Å². The Balaban J connectivity index is 1.48. The predicted molar refractivity (Wildman–Crippen MR) is 132 cm³/mol. The van der Waals surface area contributed by atoms with Gasteiger partial charge in [0.15, 0.2) is 5.76 Å². The summed E-state index contributed by atoms with van der Waals surface area (Å²) < 4.78 is 17.0. The van der Waals surface area contributed by atoms with Crippen LogP contribution in [0.4, 0.5) is 11.4 Å². The molecule has 0 atom stereocenters. The van der Waals surface area contributed by atoms with Crippen molar-refractivity contribution in [3.05, 3.63) is 111 Å². The van der Waals surface area contributed by atoms with E-state index >= 15 is 0 Å². The van der Waals surface area contributed by atoms with E-state index < -0.39 is 10.8 Å². The number of furan rings is 1. The highest BCUT2D eigenvalue weighted by Crippen LogP contribution is 2.31. The van der Waals surface area contributed by atoms with Crippen molar-refractivity contribution in [1.82, 2.24) is 0 Å². The number of aryl methyl sites for hydroxylation is 2. The molecule has 0 saturated carbocycles. The zero-order valence-electron chi connectivity index (χ0n) is 18.9. The number of anilines is 1. The number of amides is 1. The number of nitrogens with one attached hydrogen (secondary N) is 1. The zero-order chi connectivity index (χ0) is 24.9. The lowest BCUT2D eigenvalue weighted by atomic mass is 10.1. The van der Waals surface area contributed by atoms with Gasteiger partial charge in [-0.1, -0.05) is 23.7 Å². The first kappa shape index (κ1) is 23.8. The van der Waals surface area contributed by atoms with Gasteiger partial charge in [0, 0.05) is 17.2 Å². The minimum absolute atomic E-state index is 0.0259. The van der Waals surface area contributed by atoms with Crippen LogP contribution in [0.5, 0.6) is 17.2 Å². The normalized spacial score (nSPS) is 10.6. The highest BCUT2D eigenvalue weighted by atomic mass is 35.5. The summed E-state index contributed by atoms with van der Waals surface area (Å²) in [5.41, 5.74) is 1.95. The third kappa shape index (κ3) is 6.39. The maximum atomic E-state index is 12.7. The molecule has 1 heterocycles. The largest absolute Gasteiger partial charge is 0.486 e. The van der Waals surface area contributed by atoms with Crippen LogP contribution in [0.3, 0.4) is 0 Å². The van der Waals surface area contributed by atoms with Crippen LogP contribution in [-0.2, 0) is 6.61 Å². The minimum Gasteiger partial charge on any atom is -0.486 e. The van der Waals surface area contributed by atoms with Crippen LogP contribution in [0.1, 0.15) is 27.4 Å². The fourth-order valence-corrected chi connectivity index (χ4v) is 3.61. The Morgan fingerprint density at radius 3 is 2.43 bits per heavy atom. The summed E-state index contributed by atoms with van der Waals surface area (Å²) in [5, 5.41) is 14.6. The number of hydrogen-bond acceptors (Lipinski definition) is 6. The summed E-state index contributed by atoms with van der Waals surface area (Å²) in [7, 11) is 0. The van der Waals surface area contributed by atoms with E-state index in [1.54, 1.807) is 30.3 Å². The Bertz CT molecular complexity index is 1380. The van der Waals surface area contributed by atoms with Gasteiger partial charge < -0.3 is 19.2 Å². The number of hydrogen-bond donors (Lipinski definition) is 1. The summed E-state index contributed by atoms with van der Waals surface area (Å²) >= 11 is 5.94. The standard InChI is InChI=1S/C26H21ClN2O6/c1-16-8-17(2)10-23(9-16)34-24-13-19(12-20(14-24)29(31)32)28-26(30)25-7-6-22(35-25)15-33-21-5-3-4-18(27)11-21/h3-14H,15H2,1-2H3,(H,28,30). The molecule has 4 rings (SSSR count). The van der Waals surface area contributed by atoms with Crippen LogP contribution in [0.25, 0.3) is 0 Å². The fraction of sp³-hybridized carbons (Fsp3) is 0.115. The molecule has 4 aromatic rings. The lowest BCUT2D eigenvalue weighted by Crippen LogP contribution is -2.11. The maximum absolute atomic E-state index is 12.7. The molecule has 0 spiro atoms. The van der Waals surface area contributed by atoms with Crippen LogP contribution in [0, 0.1) is 24.0 Å². The topological polar surface area (TPSA) is 104 Å². The molecule has 0 aliphatic carbocycles. The van der Waals surface area contributed by atoms with Crippen LogP contribution in [-0.4, -0.2) is 10.8 Å². The van der Waals surface area contributed by atoms with E-state index in [0.717, 1.165) is 11.1 Å². The van der Waals surface area contributed by atoms with Crippen LogP contribution in [0.2, 0.25) is 5.02 Å². The Labute approximate surface area is 206 Å². The summed E-state index contributed by atoms with van der Waals surface area (Å²) in [4.78, 5) is 23.6. The third-order valence-electron chi connectivity index (χ3n) is 4.85. The zero-order valence-corrected chi connectivity index (χ0v) is 19.7. The molecule has 9 heteroatoms. The summed E-state index contributed by atoms with van der Waals surface area (Å²) in [6.45, 7) is 3.95. The van der Waals surface area contributed by atoms with Crippen LogP contribution >= 0.6 is 11.6 Å². The number of nitro groups is 1. The molecule has 0 bridgehead atoms. The summed E-state index contributed by atoms with van der Waals surface area (Å²) in [6, 6.07) is 19.7. The van der Waals surface area contributed by atoms with Gasteiger partial charge in [0.25, 0.3) is 11.6 Å². The van der Waals surface area contributed by atoms with E-state index in [9.17, 15) is 14.9 Å². The van der Waals surface area contributed by atoms with E-state index in [1.807, 2.05) is 32.0 Å². The van der Waals surface area contributed by atoms with Gasteiger partial charge in [0.1, 0.15) is 29.6 Å². The number of ether oxygens (including phenoxy) is 2. The fourth-order valence-electron chi connectivity index (χ4n) is 3.43. The molecule has 1 aromatic heterocycles. The Kier molecular flexibility index (Phi) is 7.03. The number of non-ortho nitro benzene ring substituents is 1. The third-order valence-corrected chi connectivity index (χ3v) is 5.09. The Morgan fingerprint density at radius 2 is 1.71 bits per heavy atom. The van der Waals surface area contributed by atoms with Gasteiger partial charge in [-0.3, -0.25) is 14.9 Å². The van der Waals surface area contributed by atoms with Gasteiger partial charge >= 0.3 is 0 Å². The molecule has 3 aromatic carbocycles. The molecule has 0 aliphatic heterocycles. The number of halogens is 1. The molecular weight excluding hydrogens is 472 g/mol. The van der Waals surface area contributed by atoms with Gasteiger partial charge in [-0.15, -0.1) is 0 Å². The number of nitrogens with zero attached hydrogens (tertiary/aromatic N) is 1. The van der Waals surface area contributed by atoms with Crippen molar-refractivity contribution < 1.29 is 23.6 Å². The van der Waals surface area contributed by atoms with Crippen LogP contribution in [0.15, 0.2) is 77.2 Å². The van der Waals surface area contributed by atoms with Crippen molar-refractivity contribution in [1.29, 1.82) is 0 Å². The summed E-state index contributed by atoms with van der Waals surface area (Å²) in [6.07, 6.45) is 0. The highest BCUT2D eigenvalue weighted by molar-refractivity contribution is 6.30. The monoisotopic (exact) mass is 492 g/mol. The molecule has 0 radical (unpaired) electrons. The first-order valence-electron chi connectivity index (χ1n) is 10.6. The lowest BCUT2D eigenvalue weighted by Gasteiger charge is -2.10. The predicted octanol–water partition coefficient (Wildman–Crippen LogP) is 7.08. The average Bonchev–Trinajstić information content (AvgIpc) is 3.26. The summed E-state index contributed by atoms with van der Waals surface area (Å²) in [5.74, 6) is 1.20. The quantitative estimate of drug-likeness (QED) is 0.208. The molecule has 178 valence electrons. The number of benzene rings is 3. The van der Waals surface area contributed by atoms with E-state index in [4.69, 9.17) is 25.5 Å². The molecule has 0 saturated heterocycles. The molecule has 0 unspecified atom stereocenters. The molecular formula is C26H21ClN2O6. The van der Waals surface area contributed by atoms with Crippen molar-refractivity contribution >= 4 is 28.9 Å². The van der Waals surface area contributed by atoms with E-state index in [-0.39, 0.29) is 29.5 Å². The number of rotatable bonds is 8. The Hall–Kier alpha value is -4.30. The molecule has 1 amide bonds. The van der Waals surface area contributed by atoms with E-state index in [0.29, 0.717) is 22.3 Å². The number of nitro benzene ring substituents is 1. The SMILES string of the molecule is Cc1cc(C)cc(Oc2cc(NC(=O)c3ccc(COc4cccc(Cl)c4)o3)cc([N+](=O)[O-])c2)c1. The molecule has 0 aliphatic rings. The smallest absolute Gasteiger partial charge is 0.291 e. The molecule has 35 heavy (non-hydrogen) atoms. The van der Waals surface area contributed by atoms with E-state index in [1.165, 1.54) is 24.3 Å². The van der Waals surface area contributed by atoms with Gasteiger partial charge in [-0.25, -0.2) is 0 Å². The van der Waals surface area contributed by atoms with Crippen molar-refractivity contribution in [2.45, 2.75) is 20.5 Å². The molecule has 8 nitrogen and oxygen atoms in total. The van der Waals surface area contributed by atoms with Crippen LogP contribution < -0.4 is 14.8 Å². The highest BCUT2D eigenvalue weighted by Gasteiger charge is 2.16. The average molecular weight is 493 g/mol. The van der Waals surface area contributed by atoms with Gasteiger partial charge in [-0.05, 0) is 67.4 Å². The first-order chi connectivity index (χ1) is 16.7. The van der Waals surface area contributed by atoms with Crippen molar-refractivity contribution in [3.63, 3.8) is 0 Å². The van der Waals surface area contributed by atoms with Crippen molar-refractivity contribution in [2.24, 2.45) is 0 Å². The Morgan fingerprint density at radius 1 is 0.971 bits per heavy atom. The second-order valence-electron chi connectivity index (χ2n) is 7.86. The second kappa shape index (κ2) is 10.3. The minimum atomic E-state index is -0.572.